The number of quaternary nitrogens is 1. The molecule has 2 N–H and O–H groups in total. The molecule has 140 valence electrons. The molecule has 2 aromatic rings. The van der Waals surface area contributed by atoms with Crippen LogP contribution in [0.3, 0.4) is 0 Å². The number of carbonyl (C=O) groups is 2. The van der Waals surface area contributed by atoms with Gasteiger partial charge in [0.15, 0.2) is 0 Å². The number of rotatable bonds is 6. The number of nitrogens with one attached hydrogen (secondary N) is 2. The third-order valence-corrected chi connectivity index (χ3v) is 5.65. The Balaban J connectivity index is 1.84. The number of hydrogen-bond donors (Lipinski definition) is 2. The first kappa shape index (κ1) is 19.1. The van der Waals surface area contributed by atoms with E-state index in [-0.39, 0.29) is 13.0 Å². The lowest BCUT2D eigenvalue weighted by atomic mass is 10.0. The lowest BCUT2D eigenvalue weighted by Crippen LogP contribution is -3.10. The SMILES string of the molecule is CCOC(=O)c1c(NC(=O)CC#N)sc2c1CC[NH+](Cc1ccccc1)C2. The maximum absolute atomic E-state index is 12.5. The zero-order chi connectivity index (χ0) is 19.2. The lowest BCUT2D eigenvalue weighted by Gasteiger charge is -2.24. The largest absolute Gasteiger partial charge is 0.462 e. The molecule has 1 amide bonds. The fourth-order valence-electron chi connectivity index (χ4n) is 3.32. The van der Waals surface area contributed by atoms with E-state index in [2.05, 4.69) is 17.4 Å². The number of nitriles is 1. The van der Waals surface area contributed by atoms with Crippen molar-refractivity contribution in [3.63, 3.8) is 0 Å². The van der Waals surface area contributed by atoms with Gasteiger partial charge in [-0.25, -0.2) is 4.79 Å². The van der Waals surface area contributed by atoms with Crippen molar-refractivity contribution < 1.29 is 19.2 Å². The van der Waals surface area contributed by atoms with Gasteiger partial charge in [0.2, 0.25) is 5.91 Å². The topological polar surface area (TPSA) is 83.6 Å². The van der Waals surface area contributed by atoms with Gasteiger partial charge in [0.1, 0.15) is 24.5 Å². The van der Waals surface area contributed by atoms with Crippen molar-refractivity contribution in [2.45, 2.75) is 32.9 Å². The van der Waals surface area contributed by atoms with Gasteiger partial charge in [0.05, 0.1) is 29.7 Å². The summed E-state index contributed by atoms with van der Waals surface area (Å²) in [7, 11) is 0. The number of ether oxygens (including phenoxy) is 1. The van der Waals surface area contributed by atoms with Crippen LogP contribution in [0.2, 0.25) is 0 Å². The summed E-state index contributed by atoms with van der Waals surface area (Å²) in [6.45, 7) is 4.67. The molecule has 1 unspecified atom stereocenters. The van der Waals surface area contributed by atoms with Crippen LogP contribution in [0.15, 0.2) is 30.3 Å². The fourth-order valence-corrected chi connectivity index (χ4v) is 4.65. The Morgan fingerprint density at radius 3 is 2.81 bits per heavy atom. The van der Waals surface area contributed by atoms with Crippen molar-refractivity contribution in [1.82, 2.24) is 0 Å². The van der Waals surface area contributed by atoms with Crippen molar-refractivity contribution >= 4 is 28.2 Å². The molecule has 0 saturated carbocycles. The average Bonchev–Trinajstić information content (AvgIpc) is 3.00. The molecular formula is C20H22N3O3S+. The number of carbonyl (C=O) groups excluding carboxylic acids is 2. The number of anilines is 1. The molecule has 2 heterocycles. The van der Waals surface area contributed by atoms with Gasteiger partial charge in [-0.15, -0.1) is 11.3 Å². The monoisotopic (exact) mass is 384 g/mol. The van der Waals surface area contributed by atoms with Crippen molar-refractivity contribution in [2.24, 2.45) is 0 Å². The van der Waals surface area contributed by atoms with E-state index in [4.69, 9.17) is 10.00 Å². The third-order valence-electron chi connectivity index (χ3n) is 4.50. The summed E-state index contributed by atoms with van der Waals surface area (Å²) in [5.41, 5.74) is 2.71. The highest BCUT2D eigenvalue weighted by Crippen LogP contribution is 2.35. The maximum Gasteiger partial charge on any atom is 0.341 e. The second-order valence-corrected chi connectivity index (χ2v) is 7.51. The number of fused-ring (bicyclic) bond motifs is 1. The normalized spacial score (nSPS) is 15.5. The van der Waals surface area contributed by atoms with E-state index in [0.29, 0.717) is 10.6 Å². The quantitative estimate of drug-likeness (QED) is 0.746. The molecule has 0 fully saturated rings. The van der Waals surface area contributed by atoms with E-state index in [1.807, 2.05) is 24.3 Å². The Morgan fingerprint density at radius 2 is 2.11 bits per heavy atom. The van der Waals surface area contributed by atoms with Gasteiger partial charge in [-0.3, -0.25) is 4.79 Å². The second kappa shape index (κ2) is 8.80. The molecule has 1 aromatic heterocycles. The first-order chi connectivity index (χ1) is 13.1. The average molecular weight is 384 g/mol. The highest BCUT2D eigenvalue weighted by molar-refractivity contribution is 7.17. The Morgan fingerprint density at radius 1 is 1.33 bits per heavy atom. The van der Waals surface area contributed by atoms with Crippen LogP contribution >= 0.6 is 11.3 Å². The molecule has 1 aliphatic heterocycles. The van der Waals surface area contributed by atoms with E-state index < -0.39 is 11.9 Å². The van der Waals surface area contributed by atoms with Crippen molar-refractivity contribution in [3.8, 4) is 6.07 Å². The predicted molar refractivity (Wildman–Crippen MR) is 103 cm³/mol. The van der Waals surface area contributed by atoms with Crippen molar-refractivity contribution in [3.05, 3.63) is 51.9 Å². The number of esters is 1. The number of hydrogen-bond acceptors (Lipinski definition) is 5. The maximum atomic E-state index is 12.5. The molecule has 1 atom stereocenters. The van der Waals surface area contributed by atoms with Gasteiger partial charge in [-0.1, -0.05) is 30.3 Å². The van der Waals surface area contributed by atoms with Crippen LogP contribution in [0.25, 0.3) is 0 Å². The fraction of sp³-hybridized carbons (Fsp3) is 0.350. The summed E-state index contributed by atoms with van der Waals surface area (Å²) >= 11 is 1.42. The number of amides is 1. The number of benzene rings is 1. The van der Waals surface area contributed by atoms with Gasteiger partial charge in [-0.05, 0) is 12.5 Å². The molecule has 7 heteroatoms. The zero-order valence-corrected chi connectivity index (χ0v) is 16.0. The Kier molecular flexibility index (Phi) is 6.22. The Labute approximate surface area is 162 Å². The van der Waals surface area contributed by atoms with Crippen LogP contribution in [-0.2, 0) is 29.0 Å². The van der Waals surface area contributed by atoms with Crippen LogP contribution < -0.4 is 10.2 Å². The summed E-state index contributed by atoms with van der Waals surface area (Å²) in [5.74, 6) is -0.816. The summed E-state index contributed by atoms with van der Waals surface area (Å²) in [5, 5.41) is 11.9. The molecule has 0 bridgehead atoms. The number of thiophene rings is 1. The van der Waals surface area contributed by atoms with Gasteiger partial charge in [0.25, 0.3) is 0 Å². The summed E-state index contributed by atoms with van der Waals surface area (Å²) in [6.07, 6.45) is 0.520. The predicted octanol–water partition coefficient (Wildman–Crippen LogP) is 1.92. The highest BCUT2D eigenvalue weighted by atomic mass is 32.1. The lowest BCUT2D eigenvalue weighted by molar-refractivity contribution is -0.929. The smallest absolute Gasteiger partial charge is 0.341 e. The summed E-state index contributed by atoms with van der Waals surface area (Å²) in [6, 6.07) is 12.2. The highest BCUT2D eigenvalue weighted by Gasteiger charge is 2.31. The third kappa shape index (κ3) is 4.54. The molecule has 0 saturated heterocycles. The van der Waals surface area contributed by atoms with Crippen LogP contribution in [0.4, 0.5) is 5.00 Å². The zero-order valence-electron chi connectivity index (χ0n) is 15.2. The van der Waals surface area contributed by atoms with Gasteiger partial charge >= 0.3 is 5.97 Å². The first-order valence-electron chi connectivity index (χ1n) is 8.98. The van der Waals surface area contributed by atoms with E-state index >= 15 is 0 Å². The van der Waals surface area contributed by atoms with Gasteiger partial charge in [-0.2, -0.15) is 5.26 Å². The molecule has 0 aliphatic carbocycles. The minimum Gasteiger partial charge on any atom is -0.462 e. The minimum absolute atomic E-state index is 0.240. The van der Waals surface area contributed by atoms with E-state index in [0.717, 1.165) is 36.5 Å². The standard InChI is InChI=1S/C20H21N3O3S/c1-2-26-20(25)18-15-9-11-23(12-14-6-4-3-5-7-14)13-16(15)27-19(18)22-17(24)8-10-21/h3-7H,2,8-9,11-13H2,1H3,(H,22,24)/p+1. The summed E-state index contributed by atoms with van der Waals surface area (Å²) in [4.78, 5) is 26.9. The molecule has 3 rings (SSSR count). The molecule has 27 heavy (non-hydrogen) atoms. The van der Waals surface area contributed by atoms with Gasteiger partial charge < -0.3 is 15.0 Å². The molecular weight excluding hydrogens is 362 g/mol. The molecule has 1 aromatic carbocycles. The molecule has 0 radical (unpaired) electrons. The van der Waals surface area contributed by atoms with E-state index in [1.165, 1.54) is 21.8 Å². The minimum atomic E-state index is -0.409. The van der Waals surface area contributed by atoms with Crippen LogP contribution in [0.1, 0.15) is 39.7 Å². The van der Waals surface area contributed by atoms with Crippen LogP contribution in [0.5, 0.6) is 0 Å². The molecule has 6 nitrogen and oxygen atoms in total. The summed E-state index contributed by atoms with van der Waals surface area (Å²) < 4.78 is 5.20. The van der Waals surface area contributed by atoms with Crippen LogP contribution in [0, 0.1) is 11.3 Å². The molecule has 0 spiro atoms. The van der Waals surface area contributed by atoms with Crippen molar-refractivity contribution in [2.75, 3.05) is 18.5 Å². The molecule has 1 aliphatic rings. The van der Waals surface area contributed by atoms with Gasteiger partial charge in [0, 0.05) is 12.0 Å². The van der Waals surface area contributed by atoms with E-state index in [9.17, 15) is 9.59 Å². The van der Waals surface area contributed by atoms with E-state index in [1.54, 1.807) is 6.92 Å². The Bertz CT molecular complexity index is 871. The first-order valence-corrected chi connectivity index (χ1v) is 9.80. The number of nitrogens with zero attached hydrogens (tertiary/aromatic N) is 1. The van der Waals surface area contributed by atoms with Crippen LogP contribution in [-0.4, -0.2) is 25.0 Å². The van der Waals surface area contributed by atoms with Crippen molar-refractivity contribution in [1.29, 1.82) is 5.26 Å². The second-order valence-electron chi connectivity index (χ2n) is 6.40. The Hall–Kier alpha value is -2.69.